The van der Waals surface area contributed by atoms with E-state index >= 15 is 0 Å². The van der Waals surface area contributed by atoms with Crippen LogP contribution < -0.4 is 16.0 Å². The topological polar surface area (TPSA) is 78.0 Å². The second-order valence-corrected chi connectivity index (χ2v) is 7.50. The first-order chi connectivity index (χ1) is 13.2. The molecule has 1 amide bonds. The van der Waals surface area contributed by atoms with Crippen LogP contribution in [0.1, 0.15) is 46.5 Å². The van der Waals surface area contributed by atoms with Gasteiger partial charge in [-0.15, -0.1) is 0 Å². The summed E-state index contributed by atoms with van der Waals surface area (Å²) in [6.45, 7) is 13.2. The van der Waals surface area contributed by atoms with Crippen molar-refractivity contribution < 1.29 is 9.53 Å². The zero-order chi connectivity index (χ0) is 19.5. The molecule has 0 bridgehead atoms. The van der Waals surface area contributed by atoms with Gasteiger partial charge in [-0.05, 0) is 25.7 Å². The average Bonchev–Trinajstić information content (AvgIpc) is 3.54. The lowest BCUT2D eigenvalue weighted by Crippen LogP contribution is -2.49. The third-order valence-electron chi connectivity index (χ3n) is 5.55. The first-order valence-electron chi connectivity index (χ1n) is 10.8. The van der Waals surface area contributed by atoms with E-state index < -0.39 is 0 Å². The summed E-state index contributed by atoms with van der Waals surface area (Å²) in [6, 6.07) is 0.453. The van der Waals surface area contributed by atoms with Crippen LogP contribution in [0.3, 0.4) is 0 Å². The third kappa shape index (κ3) is 7.66. The van der Waals surface area contributed by atoms with Crippen molar-refractivity contribution in [3.05, 3.63) is 0 Å². The van der Waals surface area contributed by atoms with Crippen LogP contribution in [-0.4, -0.2) is 75.3 Å². The number of nitrogens with one attached hydrogen (secondary N) is 3. The highest BCUT2D eigenvalue weighted by Gasteiger charge is 2.29. The summed E-state index contributed by atoms with van der Waals surface area (Å²) in [5, 5.41) is 9.66. The van der Waals surface area contributed by atoms with Crippen LogP contribution in [0, 0.1) is 11.8 Å². The lowest BCUT2D eigenvalue weighted by atomic mass is 9.92. The predicted molar refractivity (Wildman–Crippen MR) is 110 cm³/mol. The molecule has 2 fully saturated rings. The van der Waals surface area contributed by atoms with Crippen molar-refractivity contribution in [3.8, 4) is 0 Å². The fourth-order valence-electron chi connectivity index (χ4n) is 3.69. The molecule has 0 aromatic heterocycles. The van der Waals surface area contributed by atoms with E-state index in [1.165, 1.54) is 12.8 Å². The molecule has 1 atom stereocenters. The summed E-state index contributed by atoms with van der Waals surface area (Å²) in [6.07, 6.45) is 4.43. The van der Waals surface area contributed by atoms with Crippen molar-refractivity contribution in [2.45, 2.75) is 52.5 Å². The summed E-state index contributed by atoms with van der Waals surface area (Å²) in [5.41, 5.74) is 0. The average molecular weight is 382 g/mol. The van der Waals surface area contributed by atoms with Crippen molar-refractivity contribution in [2.75, 3.05) is 52.5 Å². The standard InChI is InChI=1S/C20H39N5O2/c1-4-16(5-2)18(25-11-13-27-14-12-25)15-24-20(21-6-3)23-10-9-22-19(26)17-7-8-17/h16-18H,4-15H2,1-3H3,(H,22,26)(H2,21,23,24). The van der Waals surface area contributed by atoms with Gasteiger partial charge in [0.05, 0.1) is 19.8 Å². The van der Waals surface area contributed by atoms with Crippen LogP contribution >= 0.6 is 0 Å². The van der Waals surface area contributed by atoms with Crippen LogP contribution in [0.5, 0.6) is 0 Å². The summed E-state index contributed by atoms with van der Waals surface area (Å²) in [4.78, 5) is 19.1. The van der Waals surface area contributed by atoms with Gasteiger partial charge in [-0.3, -0.25) is 14.7 Å². The molecule has 7 nitrogen and oxygen atoms in total. The normalized spacial score (nSPS) is 19.8. The second-order valence-electron chi connectivity index (χ2n) is 7.50. The van der Waals surface area contributed by atoms with E-state index in [1.54, 1.807) is 0 Å². The summed E-state index contributed by atoms with van der Waals surface area (Å²) < 4.78 is 5.53. The highest BCUT2D eigenvalue weighted by molar-refractivity contribution is 5.81. The Morgan fingerprint density at radius 2 is 1.74 bits per heavy atom. The smallest absolute Gasteiger partial charge is 0.223 e. The van der Waals surface area contributed by atoms with Gasteiger partial charge in [-0.2, -0.15) is 0 Å². The molecule has 1 heterocycles. The number of rotatable bonds is 11. The zero-order valence-corrected chi connectivity index (χ0v) is 17.4. The SMILES string of the molecule is CCNC(=NCC(C(CC)CC)N1CCOCC1)NCCNC(=O)C1CC1. The van der Waals surface area contributed by atoms with Gasteiger partial charge in [0, 0.05) is 44.7 Å². The quantitative estimate of drug-likeness (QED) is 0.285. The van der Waals surface area contributed by atoms with Gasteiger partial charge in [0.25, 0.3) is 0 Å². The molecular formula is C20H39N5O2. The molecule has 0 aromatic rings. The number of morpholine rings is 1. The summed E-state index contributed by atoms with van der Waals surface area (Å²) >= 11 is 0. The first-order valence-corrected chi connectivity index (χ1v) is 10.8. The van der Waals surface area contributed by atoms with Gasteiger partial charge < -0.3 is 20.7 Å². The highest BCUT2D eigenvalue weighted by atomic mass is 16.5. The Balaban J connectivity index is 1.86. The Morgan fingerprint density at radius 3 is 2.33 bits per heavy atom. The van der Waals surface area contributed by atoms with E-state index in [9.17, 15) is 4.79 Å². The maximum Gasteiger partial charge on any atom is 0.223 e. The molecule has 0 radical (unpaired) electrons. The monoisotopic (exact) mass is 381 g/mol. The van der Waals surface area contributed by atoms with Gasteiger partial charge in [-0.1, -0.05) is 26.7 Å². The number of nitrogens with zero attached hydrogens (tertiary/aromatic N) is 2. The largest absolute Gasteiger partial charge is 0.379 e. The zero-order valence-electron chi connectivity index (χ0n) is 17.4. The number of ether oxygens (including phenoxy) is 1. The van der Waals surface area contributed by atoms with Crippen LogP contribution in [0.15, 0.2) is 4.99 Å². The third-order valence-corrected chi connectivity index (χ3v) is 5.55. The van der Waals surface area contributed by atoms with Crippen molar-refractivity contribution in [1.29, 1.82) is 0 Å². The molecule has 0 aromatic carbocycles. The number of hydrogen-bond acceptors (Lipinski definition) is 4. The fraction of sp³-hybridized carbons (Fsp3) is 0.900. The highest BCUT2D eigenvalue weighted by Crippen LogP contribution is 2.28. The van der Waals surface area contributed by atoms with E-state index in [4.69, 9.17) is 9.73 Å². The minimum absolute atomic E-state index is 0.194. The van der Waals surface area contributed by atoms with Crippen LogP contribution in [0.4, 0.5) is 0 Å². The van der Waals surface area contributed by atoms with Crippen molar-refractivity contribution in [3.63, 3.8) is 0 Å². The van der Waals surface area contributed by atoms with Crippen LogP contribution in [0.25, 0.3) is 0 Å². The minimum atomic E-state index is 0.194. The molecule has 1 aliphatic heterocycles. The van der Waals surface area contributed by atoms with Gasteiger partial charge in [0.1, 0.15) is 0 Å². The van der Waals surface area contributed by atoms with Crippen molar-refractivity contribution >= 4 is 11.9 Å². The van der Waals surface area contributed by atoms with Crippen molar-refractivity contribution in [1.82, 2.24) is 20.9 Å². The minimum Gasteiger partial charge on any atom is -0.379 e. The Morgan fingerprint density at radius 1 is 1.07 bits per heavy atom. The van der Waals surface area contributed by atoms with Gasteiger partial charge in [0.2, 0.25) is 5.91 Å². The first kappa shape index (κ1) is 22.0. The Bertz CT molecular complexity index is 457. The molecule has 1 unspecified atom stereocenters. The maximum atomic E-state index is 11.7. The molecule has 0 spiro atoms. The molecule has 1 saturated carbocycles. The van der Waals surface area contributed by atoms with Gasteiger partial charge in [0.15, 0.2) is 5.96 Å². The molecule has 3 N–H and O–H groups in total. The van der Waals surface area contributed by atoms with E-state index in [-0.39, 0.29) is 11.8 Å². The van der Waals surface area contributed by atoms with Crippen molar-refractivity contribution in [2.24, 2.45) is 16.8 Å². The molecule has 2 rings (SSSR count). The number of guanidine groups is 1. The number of aliphatic imine (C=N–C) groups is 1. The number of hydrogen-bond donors (Lipinski definition) is 3. The predicted octanol–water partition coefficient (Wildman–Crippen LogP) is 1.20. The number of carbonyl (C=O) groups is 1. The summed E-state index contributed by atoms with van der Waals surface area (Å²) in [5.74, 6) is 1.94. The van der Waals surface area contributed by atoms with Gasteiger partial charge >= 0.3 is 0 Å². The van der Waals surface area contributed by atoms with E-state index in [1.807, 2.05) is 0 Å². The maximum absolute atomic E-state index is 11.7. The Labute approximate surface area is 164 Å². The molecule has 27 heavy (non-hydrogen) atoms. The fourth-order valence-corrected chi connectivity index (χ4v) is 3.69. The van der Waals surface area contributed by atoms with E-state index in [0.717, 1.165) is 58.2 Å². The lowest BCUT2D eigenvalue weighted by molar-refractivity contribution is -0.122. The van der Waals surface area contributed by atoms with E-state index in [2.05, 4.69) is 41.6 Å². The van der Waals surface area contributed by atoms with Crippen LogP contribution in [-0.2, 0) is 9.53 Å². The molecule has 7 heteroatoms. The Kier molecular flexibility index (Phi) is 9.91. The Hall–Kier alpha value is -1.34. The number of carbonyl (C=O) groups excluding carboxylic acids is 1. The second kappa shape index (κ2) is 12.2. The molecule has 2 aliphatic rings. The lowest BCUT2D eigenvalue weighted by Gasteiger charge is -2.38. The molecule has 1 saturated heterocycles. The van der Waals surface area contributed by atoms with E-state index in [0.29, 0.717) is 25.0 Å². The summed E-state index contributed by atoms with van der Waals surface area (Å²) in [7, 11) is 0. The number of amides is 1. The van der Waals surface area contributed by atoms with Crippen LogP contribution in [0.2, 0.25) is 0 Å². The molecule has 156 valence electrons. The molecular weight excluding hydrogens is 342 g/mol. The van der Waals surface area contributed by atoms with Gasteiger partial charge in [-0.25, -0.2) is 0 Å². The molecule has 1 aliphatic carbocycles.